The molecule has 0 saturated heterocycles. The molecule has 0 bridgehead atoms. The van der Waals surface area contributed by atoms with Crippen LogP contribution in [0.15, 0.2) is 18.2 Å². The number of hydrogen-bond donors (Lipinski definition) is 2. The van der Waals surface area contributed by atoms with Crippen molar-refractivity contribution in [1.82, 2.24) is 0 Å². The van der Waals surface area contributed by atoms with Crippen molar-refractivity contribution in [1.29, 1.82) is 0 Å². The summed E-state index contributed by atoms with van der Waals surface area (Å²) < 4.78 is 0. The molecule has 1 aliphatic carbocycles. The van der Waals surface area contributed by atoms with E-state index in [1.807, 2.05) is 18.2 Å². The molecule has 2 N–H and O–H groups in total. The molecular formula is C16H21NO2. The van der Waals surface area contributed by atoms with E-state index >= 15 is 0 Å². The number of hydrogen-bond acceptors (Lipinski definition) is 2. The largest absolute Gasteiger partial charge is 0.388 e. The maximum Gasteiger partial charge on any atom is 0.228 e. The van der Waals surface area contributed by atoms with Crippen LogP contribution < -0.4 is 5.32 Å². The monoisotopic (exact) mass is 259 g/mol. The van der Waals surface area contributed by atoms with E-state index in [1.165, 1.54) is 32.1 Å². The fourth-order valence-corrected chi connectivity index (χ4v) is 3.33. The van der Waals surface area contributed by atoms with Gasteiger partial charge in [0.1, 0.15) is 0 Å². The Kier molecular flexibility index (Phi) is 3.56. The number of fused-ring (bicyclic) bond motifs is 1. The van der Waals surface area contributed by atoms with Gasteiger partial charge in [0.15, 0.2) is 0 Å². The van der Waals surface area contributed by atoms with E-state index < -0.39 is 0 Å². The Hall–Kier alpha value is -1.35. The molecule has 1 heterocycles. The fraction of sp³-hybridized carbons (Fsp3) is 0.562. The molecule has 1 amide bonds. The first-order valence-corrected chi connectivity index (χ1v) is 7.33. The van der Waals surface area contributed by atoms with Gasteiger partial charge in [-0.25, -0.2) is 0 Å². The Bertz CT molecular complexity index is 478. The summed E-state index contributed by atoms with van der Waals surface area (Å²) in [7, 11) is 0. The number of aliphatic hydroxyl groups is 1. The molecule has 0 radical (unpaired) electrons. The van der Waals surface area contributed by atoms with E-state index in [1.54, 1.807) is 0 Å². The number of carbonyl (C=O) groups is 1. The highest BCUT2D eigenvalue weighted by molar-refractivity contribution is 5.99. The third kappa shape index (κ3) is 2.81. The minimum atomic E-state index is -0.385. The van der Waals surface area contributed by atoms with Crippen LogP contribution in [0.1, 0.15) is 55.8 Å². The van der Waals surface area contributed by atoms with Crippen LogP contribution in [0.25, 0.3) is 0 Å². The van der Waals surface area contributed by atoms with Crippen molar-refractivity contribution in [2.24, 2.45) is 5.92 Å². The van der Waals surface area contributed by atoms with Crippen molar-refractivity contribution in [3.63, 3.8) is 0 Å². The predicted octanol–water partition coefficient (Wildman–Crippen LogP) is 3.19. The van der Waals surface area contributed by atoms with E-state index in [0.717, 1.165) is 23.2 Å². The van der Waals surface area contributed by atoms with Gasteiger partial charge in [0.2, 0.25) is 5.91 Å². The molecule has 1 aromatic carbocycles. The second-order valence-corrected chi connectivity index (χ2v) is 5.90. The molecule has 3 rings (SSSR count). The van der Waals surface area contributed by atoms with Crippen LogP contribution in [0.5, 0.6) is 0 Å². The van der Waals surface area contributed by atoms with Crippen LogP contribution in [0.3, 0.4) is 0 Å². The van der Waals surface area contributed by atoms with Gasteiger partial charge in [0.05, 0.1) is 12.5 Å². The van der Waals surface area contributed by atoms with Gasteiger partial charge in [-0.3, -0.25) is 4.79 Å². The Morgan fingerprint density at radius 3 is 2.84 bits per heavy atom. The van der Waals surface area contributed by atoms with Gasteiger partial charge in [0, 0.05) is 5.69 Å². The van der Waals surface area contributed by atoms with Gasteiger partial charge in [-0.15, -0.1) is 0 Å². The van der Waals surface area contributed by atoms with Gasteiger partial charge >= 0.3 is 0 Å². The Balaban J connectivity index is 1.68. The van der Waals surface area contributed by atoms with Crippen LogP contribution >= 0.6 is 0 Å². The number of amides is 1. The lowest BCUT2D eigenvalue weighted by Gasteiger charge is -2.24. The third-order valence-corrected chi connectivity index (χ3v) is 4.42. The molecule has 1 aromatic rings. The summed E-state index contributed by atoms with van der Waals surface area (Å²) in [6.45, 7) is 0. The number of carbonyl (C=O) groups excluding carboxylic acids is 1. The van der Waals surface area contributed by atoms with Crippen LogP contribution in [0, 0.1) is 5.92 Å². The van der Waals surface area contributed by atoms with Gasteiger partial charge in [-0.05, 0) is 29.5 Å². The summed E-state index contributed by atoms with van der Waals surface area (Å²) in [5.74, 6) is 0.714. The molecule has 102 valence electrons. The number of anilines is 1. The topological polar surface area (TPSA) is 49.3 Å². The van der Waals surface area contributed by atoms with Crippen molar-refractivity contribution in [2.45, 2.75) is 51.0 Å². The van der Waals surface area contributed by atoms with Gasteiger partial charge in [-0.2, -0.15) is 0 Å². The van der Waals surface area contributed by atoms with Crippen molar-refractivity contribution in [2.75, 3.05) is 5.32 Å². The minimum absolute atomic E-state index is 0.0499. The van der Waals surface area contributed by atoms with Gasteiger partial charge in [-0.1, -0.05) is 44.2 Å². The van der Waals surface area contributed by atoms with Crippen molar-refractivity contribution in [3.8, 4) is 0 Å². The summed E-state index contributed by atoms with van der Waals surface area (Å²) >= 11 is 0. The number of rotatable bonds is 3. The highest BCUT2D eigenvalue weighted by Crippen LogP contribution is 2.33. The molecule has 3 nitrogen and oxygen atoms in total. The summed E-state index contributed by atoms with van der Waals surface area (Å²) in [5.41, 5.74) is 2.88. The average Bonchev–Trinajstić information content (AvgIpc) is 2.78. The molecule has 1 aliphatic heterocycles. The van der Waals surface area contributed by atoms with Crippen LogP contribution in [-0.2, 0) is 11.2 Å². The lowest BCUT2D eigenvalue weighted by Crippen LogP contribution is -2.11. The van der Waals surface area contributed by atoms with Crippen molar-refractivity contribution >= 4 is 11.6 Å². The zero-order chi connectivity index (χ0) is 13.2. The molecule has 1 saturated carbocycles. The summed E-state index contributed by atoms with van der Waals surface area (Å²) in [5, 5.41) is 13.2. The highest BCUT2D eigenvalue weighted by Gasteiger charge is 2.22. The molecule has 0 spiro atoms. The SMILES string of the molecule is O=C1Cc2cc(C(O)CC3CCCCC3)ccc2N1. The smallest absolute Gasteiger partial charge is 0.228 e. The van der Waals surface area contributed by atoms with Crippen LogP contribution in [-0.4, -0.2) is 11.0 Å². The third-order valence-electron chi connectivity index (χ3n) is 4.42. The minimum Gasteiger partial charge on any atom is -0.388 e. The van der Waals surface area contributed by atoms with E-state index in [4.69, 9.17) is 0 Å². The molecule has 19 heavy (non-hydrogen) atoms. The highest BCUT2D eigenvalue weighted by atomic mass is 16.3. The second-order valence-electron chi connectivity index (χ2n) is 5.90. The maximum absolute atomic E-state index is 11.3. The summed E-state index contributed by atoms with van der Waals surface area (Å²) in [6, 6.07) is 5.85. The zero-order valence-electron chi connectivity index (χ0n) is 11.2. The van der Waals surface area contributed by atoms with Crippen LogP contribution in [0.2, 0.25) is 0 Å². The molecule has 3 heteroatoms. The molecular weight excluding hydrogens is 238 g/mol. The van der Waals surface area contributed by atoms with E-state index in [0.29, 0.717) is 12.3 Å². The number of nitrogens with one attached hydrogen (secondary N) is 1. The first kappa shape index (κ1) is 12.7. The van der Waals surface area contributed by atoms with Gasteiger partial charge in [0.25, 0.3) is 0 Å². The first-order valence-electron chi connectivity index (χ1n) is 7.33. The Labute approximate surface area is 114 Å². The molecule has 0 aromatic heterocycles. The zero-order valence-corrected chi connectivity index (χ0v) is 11.2. The summed E-state index contributed by atoms with van der Waals surface area (Å²) in [6.07, 6.45) is 7.38. The molecule has 1 fully saturated rings. The molecule has 1 unspecified atom stereocenters. The number of benzene rings is 1. The van der Waals surface area contributed by atoms with Crippen LogP contribution in [0.4, 0.5) is 5.69 Å². The number of aliphatic hydroxyl groups excluding tert-OH is 1. The lowest BCUT2D eigenvalue weighted by atomic mass is 9.84. The van der Waals surface area contributed by atoms with E-state index in [2.05, 4.69) is 5.32 Å². The summed E-state index contributed by atoms with van der Waals surface area (Å²) in [4.78, 5) is 11.3. The maximum atomic E-state index is 11.3. The van der Waals surface area contributed by atoms with E-state index in [-0.39, 0.29) is 12.0 Å². The first-order chi connectivity index (χ1) is 9.22. The van der Waals surface area contributed by atoms with Crippen molar-refractivity contribution in [3.05, 3.63) is 29.3 Å². The average molecular weight is 259 g/mol. The molecule has 2 aliphatic rings. The van der Waals surface area contributed by atoms with Gasteiger partial charge < -0.3 is 10.4 Å². The lowest BCUT2D eigenvalue weighted by molar-refractivity contribution is -0.115. The Morgan fingerprint density at radius 2 is 2.05 bits per heavy atom. The van der Waals surface area contributed by atoms with Crippen molar-refractivity contribution < 1.29 is 9.90 Å². The quantitative estimate of drug-likeness (QED) is 0.876. The second kappa shape index (κ2) is 5.33. The fourth-order valence-electron chi connectivity index (χ4n) is 3.33. The molecule has 1 atom stereocenters. The predicted molar refractivity (Wildman–Crippen MR) is 74.9 cm³/mol. The normalized spacial score (nSPS) is 21.0. The van der Waals surface area contributed by atoms with E-state index in [9.17, 15) is 9.90 Å². The Morgan fingerprint density at radius 1 is 1.26 bits per heavy atom. The standard InChI is InChI=1S/C16H21NO2/c18-15(8-11-4-2-1-3-5-11)12-6-7-14-13(9-12)10-16(19)17-14/h6-7,9,11,15,18H,1-5,8,10H2,(H,17,19).